The van der Waals surface area contributed by atoms with Crippen molar-refractivity contribution in [2.24, 2.45) is 0 Å². The van der Waals surface area contributed by atoms with E-state index in [1.807, 2.05) is 88.7 Å². The molecular weight excluding hydrogens is 487 g/mol. The highest BCUT2D eigenvalue weighted by Gasteiger charge is 2.38. The number of nitrogens with zero attached hydrogens (tertiary/aromatic N) is 2. The SMILES string of the molecule is CC(=O)N(c1ccccc1)[C@@H]1C[C@H](C)N(C(=O)c2ccccc2I)c2ccccc21. The van der Waals surface area contributed by atoms with Crippen LogP contribution in [0.5, 0.6) is 0 Å². The Morgan fingerprint density at radius 2 is 1.57 bits per heavy atom. The smallest absolute Gasteiger partial charge is 0.259 e. The largest absolute Gasteiger partial charge is 0.305 e. The van der Waals surface area contributed by atoms with Crippen LogP contribution in [-0.4, -0.2) is 17.9 Å². The molecule has 0 bridgehead atoms. The highest BCUT2D eigenvalue weighted by molar-refractivity contribution is 14.1. The summed E-state index contributed by atoms with van der Waals surface area (Å²) in [6, 6.07) is 25.1. The van der Waals surface area contributed by atoms with Crippen LogP contribution in [0.15, 0.2) is 78.9 Å². The Bertz CT molecular complexity index is 1080. The number of para-hydroxylation sites is 2. The zero-order valence-electron chi connectivity index (χ0n) is 17.0. The maximum absolute atomic E-state index is 13.5. The lowest BCUT2D eigenvalue weighted by Crippen LogP contribution is -2.47. The predicted octanol–water partition coefficient (Wildman–Crippen LogP) is 5.82. The van der Waals surface area contributed by atoms with E-state index in [-0.39, 0.29) is 23.9 Å². The van der Waals surface area contributed by atoms with Crippen molar-refractivity contribution < 1.29 is 9.59 Å². The first kappa shape index (κ1) is 20.6. The molecule has 0 fully saturated rings. The average Bonchev–Trinajstić information content (AvgIpc) is 2.74. The zero-order valence-corrected chi connectivity index (χ0v) is 19.1. The number of rotatable bonds is 3. The van der Waals surface area contributed by atoms with Crippen LogP contribution < -0.4 is 9.80 Å². The van der Waals surface area contributed by atoms with Gasteiger partial charge in [0.15, 0.2) is 0 Å². The molecule has 2 atom stereocenters. The first-order valence-electron chi connectivity index (χ1n) is 10.0. The molecule has 3 aromatic rings. The molecule has 3 aromatic carbocycles. The molecule has 4 nitrogen and oxygen atoms in total. The molecule has 0 spiro atoms. The molecule has 5 heteroatoms. The topological polar surface area (TPSA) is 40.6 Å². The first-order chi connectivity index (χ1) is 14.5. The Morgan fingerprint density at radius 1 is 0.933 bits per heavy atom. The summed E-state index contributed by atoms with van der Waals surface area (Å²) in [4.78, 5) is 29.9. The van der Waals surface area contributed by atoms with Gasteiger partial charge in [0.2, 0.25) is 5.91 Å². The molecule has 0 unspecified atom stereocenters. The van der Waals surface area contributed by atoms with Gasteiger partial charge < -0.3 is 9.80 Å². The van der Waals surface area contributed by atoms with Crippen molar-refractivity contribution in [3.05, 3.63) is 93.6 Å². The van der Waals surface area contributed by atoms with Crippen LogP contribution in [-0.2, 0) is 4.79 Å². The second kappa shape index (κ2) is 8.60. The van der Waals surface area contributed by atoms with Gasteiger partial charge in [-0.15, -0.1) is 0 Å². The first-order valence-corrected chi connectivity index (χ1v) is 11.1. The summed E-state index contributed by atoms with van der Waals surface area (Å²) in [6.45, 7) is 3.66. The van der Waals surface area contributed by atoms with Gasteiger partial charge in [0.25, 0.3) is 5.91 Å². The molecule has 2 amide bonds. The third-order valence-corrected chi connectivity index (χ3v) is 6.51. The second-order valence-corrected chi connectivity index (χ2v) is 8.70. The highest BCUT2D eigenvalue weighted by Crippen LogP contribution is 2.42. The normalized spacial score (nSPS) is 17.9. The van der Waals surface area contributed by atoms with E-state index in [2.05, 4.69) is 29.5 Å². The van der Waals surface area contributed by atoms with Crippen molar-refractivity contribution in [2.75, 3.05) is 9.80 Å². The molecule has 4 rings (SSSR count). The lowest BCUT2D eigenvalue weighted by molar-refractivity contribution is -0.117. The number of carbonyl (C=O) groups is 2. The van der Waals surface area contributed by atoms with Crippen LogP contribution in [0.4, 0.5) is 11.4 Å². The molecular formula is C25H23IN2O2. The number of fused-ring (bicyclic) bond motifs is 1. The van der Waals surface area contributed by atoms with Crippen molar-refractivity contribution in [1.82, 2.24) is 0 Å². The number of benzene rings is 3. The molecule has 1 aliphatic heterocycles. The van der Waals surface area contributed by atoms with Crippen molar-refractivity contribution in [2.45, 2.75) is 32.4 Å². The van der Waals surface area contributed by atoms with Gasteiger partial charge in [0, 0.05) is 27.9 Å². The number of hydrogen-bond acceptors (Lipinski definition) is 2. The number of carbonyl (C=O) groups excluding carboxylic acids is 2. The minimum atomic E-state index is -0.130. The molecule has 1 heterocycles. The monoisotopic (exact) mass is 510 g/mol. The van der Waals surface area contributed by atoms with Crippen LogP contribution >= 0.6 is 22.6 Å². The summed E-state index contributed by atoms with van der Waals surface area (Å²) in [5.74, 6) is -0.0157. The molecule has 152 valence electrons. The van der Waals surface area contributed by atoms with E-state index in [9.17, 15) is 9.59 Å². The minimum absolute atomic E-state index is 0.00696. The van der Waals surface area contributed by atoms with E-state index in [1.54, 1.807) is 6.92 Å². The molecule has 0 N–H and O–H groups in total. The van der Waals surface area contributed by atoms with E-state index in [0.29, 0.717) is 12.0 Å². The van der Waals surface area contributed by atoms with Crippen molar-refractivity contribution in [3.63, 3.8) is 0 Å². The van der Waals surface area contributed by atoms with E-state index >= 15 is 0 Å². The number of halogens is 1. The Balaban J connectivity index is 1.80. The number of amides is 2. The maximum atomic E-state index is 13.5. The van der Waals surface area contributed by atoms with Crippen molar-refractivity contribution in [3.8, 4) is 0 Å². The van der Waals surface area contributed by atoms with Gasteiger partial charge in [-0.05, 0) is 71.8 Å². The second-order valence-electron chi connectivity index (χ2n) is 7.54. The fraction of sp³-hybridized carbons (Fsp3) is 0.200. The average molecular weight is 510 g/mol. The Labute approximate surface area is 190 Å². The summed E-state index contributed by atoms with van der Waals surface area (Å²) in [5.41, 5.74) is 3.43. The molecule has 1 aliphatic rings. The minimum Gasteiger partial charge on any atom is -0.305 e. The molecule has 0 radical (unpaired) electrons. The maximum Gasteiger partial charge on any atom is 0.259 e. The summed E-state index contributed by atoms with van der Waals surface area (Å²) >= 11 is 2.21. The van der Waals surface area contributed by atoms with Crippen LogP contribution in [0.2, 0.25) is 0 Å². The number of hydrogen-bond donors (Lipinski definition) is 0. The molecule has 0 saturated heterocycles. The Hall–Kier alpha value is -2.67. The van der Waals surface area contributed by atoms with Gasteiger partial charge in [-0.3, -0.25) is 9.59 Å². The van der Waals surface area contributed by atoms with Crippen molar-refractivity contribution >= 4 is 45.8 Å². The van der Waals surface area contributed by atoms with E-state index in [0.717, 1.165) is 20.5 Å². The third kappa shape index (κ3) is 3.74. The third-order valence-electron chi connectivity index (χ3n) is 5.57. The van der Waals surface area contributed by atoms with E-state index < -0.39 is 0 Å². The van der Waals surface area contributed by atoms with Gasteiger partial charge in [0.05, 0.1) is 11.6 Å². The summed E-state index contributed by atoms with van der Waals surface area (Å²) < 4.78 is 0.932. The van der Waals surface area contributed by atoms with Gasteiger partial charge in [0.1, 0.15) is 0 Å². The van der Waals surface area contributed by atoms with Crippen LogP contribution in [0.1, 0.15) is 42.2 Å². The van der Waals surface area contributed by atoms with Gasteiger partial charge in [-0.25, -0.2) is 0 Å². The Morgan fingerprint density at radius 3 is 2.27 bits per heavy atom. The van der Waals surface area contributed by atoms with Crippen LogP contribution in [0.25, 0.3) is 0 Å². The van der Waals surface area contributed by atoms with Crippen LogP contribution in [0.3, 0.4) is 0 Å². The van der Waals surface area contributed by atoms with Gasteiger partial charge in [-0.1, -0.05) is 48.5 Å². The van der Waals surface area contributed by atoms with Crippen LogP contribution in [0, 0.1) is 3.57 Å². The quantitative estimate of drug-likeness (QED) is 0.417. The molecule has 30 heavy (non-hydrogen) atoms. The number of anilines is 2. The predicted molar refractivity (Wildman–Crippen MR) is 129 cm³/mol. The lowest BCUT2D eigenvalue weighted by atomic mass is 9.89. The molecule has 0 saturated carbocycles. The summed E-state index contributed by atoms with van der Waals surface area (Å²) in [7, 11) is 0. The summed E-state index contributed by atoms with van der Waals surface area (Å²) in [6.07, 6.45) is 0.667. The highest BCUT2D eigenvalue weighted by atomic mass is 127. The van der Waals surface area contributed by atoms with E-state index in [4.69, 9.17) is 0 Å². The standard InChI is InChI=1S/C25H23IN2O2/c1-17-16-24(28(18(2)29)19-10-4-3-5-11-19)21-13-7-9-15-23(21)27(17)25(30)20-12-6-8-14-22(20)26/h3-15,17,24H,16H2,1-2H3/t17-,24+/m0/s1. The van der Waals surface area contributed by atoms with Crippen molar-refractivity contribution in [1.29, 1.82) is 0 Å². The fourth-order valence-corrected chi connectivity index (χ4v) is 4.89. The Kier molecular flexibility index (Phi) is 5.90. The van der Waals surface area contributed by atoms with Gasteiger partial charge in [-0.2, -0.15) is 0 Å². The molecule has 0 aliphatic carbocycles. The van der Waals surface area contributed by atoms with E-state index in [1.165, 1.54) is 0 Å². The fourth-order valence-electron chi connectivity index (χ4n) is 4.27. The zero-order chi connectivity index (χ0) is 21.3. The lowest BCUT2D eigenvalue weighted by Gasteiger charge is -2.43. The van der Waals surface area contributed by atoms with Gasteiger partial charge >= 0.3 is 0 Å². The molecule has 0 aromatic heterocycles. The summed E-state index contributed by atoms with van der Waals surface area (Å²) in [5, 5.41) is 0.